The molecule has 0 bridgehead atoms. The van der Waals surface area contributed by atoms with Crippen LogP contribution in [0.1, 0.15) is 36.0 Å². The average molecular weight is 271 g/mol. The number of carbonyl (C=O) groups is 1. The van der Waals surface area contributed by atoms with Crippen LogP contribution in [0.3, 0.4) is 0 Å². The number of nitrogens with zero attached hydrogens (tertiary/aromatic N) is 1. The third-order valence-electron chi connectivity index (χ3n) is 3.22. The van der Waals surface area contributed by atoms with E-state index in [1.54, 1.807) is 0 Å². The van der Waals surface area contributed by atoms with Gasteiger partial charge in [-0.05, 0) is 24.4 Å². The minimum atomic E-state index is -0.688. The van der Waals surface area contributed by atoms with E-state index in [1.165, 1.54) is 7.11 Å². The zero-order chi connectivity index (χ0) is 13.2. The Morgan fingerprint density at radius 3 is 2.89 bits per heavy atom. The van der Waals surface area contributed by atoms with Gasteiger partial charge in [0, 0.05) is 6.54 Å². The van der Waals surface area contributed by atoms with Gasteiger partial charge in [0.15, 0.2) is 5.82 Å². The lowest BCUT2D eigenvalue weighted by molar-refractivity contribution is 0.0589. The van der Waals surface area contributed by atoms with Crippen molar-refractivity contribution in [1.29, 1.82) is 0 Å². The van der Waals surface area contributed by atoms with Gasteiger partial charge in [0.05, 0.1) is 12.7 Å². The summed E-state index contributed by atoms with van der Waals surface area (Å²) in [6, 6.07) is 0. The number of aromatic nitrogens is 1. The quantitative estimate of drug-likeness (QED) is 0.713. The Hall–Kier alpha value is -1.34. The van der Waals surface area contributed by atoms with Crippen LogP contribution >= 0.6 is 11.5 Å². The minimum Gasteiger partial charge on any atom is -0.465 e. The van der Waals surface area contributed by atoms with E-state index in [0.29, 0.717) is 11.5 Å². The molecule has 1 fully saturated rings. The molecular formula is C11H17N3O3S. The summed E-state index contributed by atoms with van der Waals surface area (Å²) in [7, 11) is 1.30. The van der Waals surface area contributed by atoms with E-state index in [2.05, 4.69) is 14.4 Å². The highest BCUT2D eigenvalue weighted by molar-refractivity contribution is 7.11. The van der Waals surface area contributed by atoms with Crippen LogP contribution in [0.25, 0.3) is 0 Å². The molecule has 100 valence electrons. The highest BCUT2D eigenvalue weighted by atomic mass is 32.1. The van der Waals surface area contributed by atoms with Crippen LogP contribution in [0.2, 0.25) is 0 Å². The number of esters is 1. The molecule has 0 aliphatic heterocycles. The summed E-state index contributed by atoms with van der Waals surface area (Å²) in [6.07, 6.45) is 3.63. The summed E-state index contributed by atoms with van der Waals surface area (Å²) in [4.78, 5) is 11.6. The van der Waals surface area contributed by atoms with Crippen molar-refractivity contribution < 1.29 is 14.6 Å². The molecule has 1 aliphatic rings. The average Bonchev–Trinajstić information content (AvgIpc) is 2.93. The normalized spacial score (nSPS) is 17.7. The smallest absolute Gasteiger partial charge is 0.344 e. The van der Waals surface area contributed by atoms with Gasteiger partial charge in [-0.1, -0.05) is 12.8 Å². The maximum absolute atomic E-state index is 11.6. The SMILES string of the molecule is COC(=O)c1c(N)nsc1NCC1(O)CCCC1. The maximum Gasteiger partial charge on any atom is 0.344 e. The number of hydrogen-bond acceptors (Lipinski definition) is 7. The molecule has 18 heavy (non-hydrogen) atoms. The first kappa shape index (κ1) is 13.1. The fraction of sp³-hybridized carbons (Fsp3) is 0.636. The van der Waals surface area contributed by atoms with Crippen LogP contribution in [0.4, 0.5) is 10.8 Å². The Labute approximate surface area is 109 Å². The second kappa shape index (κ2) is 5.11. The number of nitrogens with one attached hydrogen (secondary N) is 1. The van der Waals surface area contributed by atoms with E-state index < -0.39 is 11.6 Å². The van der Waals surface area contributed by atoms with Crippen molar-refractivity contribution in [3.8, 4) is 0 Å². The van der Waals surface area contributed by atoms with Crippen molar-refractivity contribution in [2.45, 2.75) is 31.3 Å². The first-order valence-electron chi connectivity index (χ1n) is 5.85. The standard InChI is InChI=1S/C11H17N3O3S/c1-17-10(15)7-8(12)14-18-9(7)13-6-11(16)4-2-3-5-11/h13,16H,2-6H2,1H3,(H2,12,14). The lowest BCUT2D eigenvalue weighted by Gasteiger charge is -2.22. The van der Waals surface area contributed by atoms with Crippen molar-refractivity contribution in [3.05, 3.63) is 5.56 Å². The number of methoxy groups -OCH3 is 1. The Morgan fingerprint density at radius 2 is 2.28 bits per heavy atom. The van der Waals surface area contributed by atoms with E-state index >= 15 is 0 Å². The topological polar surface area (TPSA) is 97.5 Å². The predicted octanol–water partition coefficient (Wildman–Crippen LogP) is 1.23. The van der Waals surface area contributed by atoms with E-state index in [4.69, 9.17) is 5.73 Å². The summed E-state index contributed by atoms with van der Waals surface area (Å²) < 4.78 is 8.59. The fourth-order valence-corrected chi connectivity index (χ4v) is 2.87. The summed E-state index contributed by atoms with van der Waals surface area (Å²) in [5.41, 5.74) is 5.20. The molecule has 0 spiro atoms. The lowest BCUT2D eigenvalue weighted by Crippen LogP contribution is -2.33. The van der Waals surface area contributed by atoms with Gasteiger partial charge in [-0.3, -0.25) is 0 Å². The molecule has 1 heterocycles. The second-order valence-electron chi connectivity index (χ2n) is 4.55. The molecular weight excluding hydrogens is 254 g/mol. The van der Waals surface area contributed by atoms with Crippen molar-refractivity contribution >= 4 is 28.3 Å². The highest BCUT2D eigenvalue weighted by Crippen LogP contribution is 2.32. The summed E-state index contributed by atoms with van der Waals surface area (Å²) in [6.45, 7) is 0.401. The number of aliphatic hydroxyl groups is 1. The van der Waals surface area contributed by atoms with Crippen molar-refractivity contribution in [2.75, 3.05) is 24.7 Å². The van der Waals surface area contributed by atoms with Gasteiger partial charge in [-0.25, -0.2) is 4.79 Å². The van der Waals surface area contributed by atoms with Crippen LogP contribution < -0.4 is 11.1 Å². The molecule has 7 heteroatoms. The molecule has 6 nitrogen and oxygen atoms in total. The van der Waals surface area contributed by atoms with Crippen LogP contribution in [-0.2, 0) is 4.74 Å². The number of anilines is 2. The molecule has 0 unspecified atom stereocenters. The van der Waals surface area contributed by atoms with Gasteiger partial charge in [0.1, 0.15) is 10.6 Å². The van der Waals surface area contributed by atoms with Gasteiger partial charge >= 0.3 is 5.97 Å². The molecule has 4 N–H and O–H groups in total. The third kappa shape index (κ3) is 2.56. The number of ether oxygens (including phenoxy) is 1. The Balaban J connectivity index is 2.07. The van der Waals surface area contributed by atoms with E-state index in [-0.39, 0.29) is 11.4 Å². The fourth-order valence-electron chi connectivity index (χ4n) is 2.18. The molecule has 0 amide bonds. The van der Waals surface area contributed by atoms with E-state index in [0.717, 1.165) is 37.2 Å². The van der Waals surface area contributed by atoms with Crippen LogP contribution in [0.15, 0.2) is 0 Å². The van der Waals surface area contributed by atoms with E-state index in [9.17, 15) is 9.90 Å². The first-order chi connectivity index (χ1) is 8.56. The predicted molar refractivity (Wildman–Crippen MR) is 69.8 cm³/mol. The molecule has 0 saturated heterocycles. The van der Waals surface area contributed by atoms with Crippen molar-refractivity contribution in [1.82, 2.24) is 4.37 Å². The lowest BCUT2D eigenvalue weighted by atomic mass is 10.0. The van der Waals surface area contributed by atoms with Crippen LogP contribution in [0.5, 0.6) is 0 Å². The highest BCUT2D eigenvalue weighted by Gasteiger charge is 2.31. The van der Waals surface area contributed by atoms with Gasteiger partial charge in [0.25, 0.3) is 0 Å². The first-order valence-corrected chi connectivity index (χ1v) is 6.63. The molecule has 1 aromatic heterocycles. The molecule has 1 aliphatic carbocycles. The monoisotopic (exact) mass is 271 g/mol. The van der Waals surface area contributed by atoms with Gasteiger partial charge < -0.3 is 20.9 Å². The third-order valence-corrected chi connectivity index (χ3v) is 4.04. The molecule has 1 saturated carbocycles. The van der Waals surface area contributed by atoms with Crippen LogP contribution in [0, 0.1) is 0 Å². The molecule has 0 radical (unpaired) electrons. The Kier molecular flexibility index (Phi) is 3.72. The number of nitrogen functional groups attached to an aromatic ring is 1. The van der Waals surface area contributed by atoms with Gasteiger partial charge in [0.2, 0.25) is 0 Å². The number of hydrogen-bond donors (Lipinski definition) is 3. The van der Waals surface area contributed by atoms with Crippen molar-refractivity contribution in [2.24, 2.45) is 0 Å². The molecule has 0 aromatic carbocycles. The van der Waals surface area contributed by atoms with Crippen molar-refractivity contribution in [3.63, 3.8) is 0 Å². The van der Waals surface area contributed by atoms with Gasteiger partial charge in [-0.2, -0.15) is 4.37 Å². The summed E-state index contributed by atoms with van der Waals surface area (Å²) in [5.74, 6) is -0.352. The number of rotatable bonds is 4. The second-order valence-corrected chi connectivity index (χ2v) is 5.32. The van der Waals surface area contributed by atoms with Gasteiger partial charge in [-0.15, -0.1) is 0 Å². The zero-order valence-corrected chi connectivity index (χ0v) is 11.0. The van der Waals surface area contributed by atoms with E-state index in [1.807, 2.05) is 0 Å². The Morgan fingerprint density at radius 1 is 1.61 bits per heavy atom. The molecule has 0 atom stereocenters. The van der Waals surface area contributed by atoms with Crippen LogP contribution in [-0.4, -0.2) is 34.7 Å². The number of nitrogens with two attached hydrogens (primary N) is 1. The largest absolute Gasteiger partial charge is 0.465 e. The zero-order valence-electron chi connectivity index (χ0n) is 10.2. The number of carbonyl (C=O) groups excluding carboxylic acids is 1. The summed E-state index contributed by atoms with van der Waals surface area (Å²) in [5, 5.41) is 13.8. The minimum absolute atomic E-state index is 0.160. The molecule has 2 rings (SSSR count). The molecule has 1 aromatic rings. The maximum atomic E-state index is 11.6. The summed E-state index contributed by atoms with van der Waals surface area (Å²) >= 11 is 1.10. The Bertz CT molecular complexity index is 441.